The summed E-state index contributed by atoms with van der Waals surface area (Å²) >= 11 is 6.09. The summed E-state index contributed by atoms with van der Waals surface area (Å²) in [6.45, 7) is 9.13. The number of aromatic hydroxyl groups is 1. The van der Waals surface area contributed by atoms with Gasteiger partial charge in [0.25, 0.3) is 0 Å². The van der Waals surface area contributed by atoms with E-state index in [1.807, 2.05) is 36.4 Å². The minimum absolute atomic E-state index is 0.185. The van der Waals surface area contributed by atoms with Crippen LogP contribution in [0.1, 0.15) is 39.0 Å². The second kappa shape index (κ2) is 5.26. The molecule has 3 nitrogen and oxygen atoms in total. The van der Waals surface area contributed by atoms with E-state index >= 15 is 0 Å². The Morgan fingerprint density at radius 1 is 1.04 bits per heavy atom. The van der Waals surface area contributed by atoms with E-state index in [4.69, 9.17) is 16.3 Å². The molecule has 1 aliphatic heterocycles. The number of fused-ring (bicyclic) bond motifs is 3. The summed E-state index contributed by atoms with van der Waals surface area (Å²) in [7, 11) is 0. The molecule has 1 aromatic heterocycles. The van der Waals surface area contributed by atoms with Crippen LogP contribution in [0, 0.1) is 0 Å². The van der Waals surface area contributed by atoms with Gasteiger partial charge < -0.3 is 14.4 Å². The Bertz CT molecular complexity index is 968. The Hall–Kier alpha value is -1.97. The summed E-state index contributed by atoms with van der Waals surface area (Å²) in [5.74, 6) is 0.288. The number of phenols is 1. The van der Waals surface area contributed by atoms with Crippen LogP contribution in [0.2, 0.25) is 5.02 Å². The number of halogens is 1. The maximum Gasteiger partial charge on any atom is 0.125 e. The van der Waals surface area contributed by atoms with Gasteiger partial charge in [-0.25, -0.2) is 0 Å². The quantitative estimate of drug-likeness (QED) is 0.622. The predicted octanol–water partition coefficient (Wildman–Crippen LogP) is 5.53. The molecule has 0 bridgehead atoms. The second-order valence-electron chi connectivity index (χ2n) is 7.89. The zero-order valence-electron chi connectivity index (χ0n) is 14.9. The fraction of sp³-hybridized carbons (Fsp3) is 0.333. The van der Waals surface area contributed by atoms with Gasteiger partial charge in [0.1, 0.15) is 5.75 Å². The molecule has 2 aromatic carbocycles. The van der Waals surface area contributed by atoms with Crippen molar-refractivity contribution in [3.63, 3.8) is 0 Å². The zero-order valence-corrected chi connectivity index (χ0v) is 15.7. The van der Waals surface area contributed by atoms with Crippen molar-refractivity contribution < 1.29 is 9.84 Å². The summed E-state index contributed by atoms with van der Waals surface area (Å²) in [4.78, 5) is 0. The third-order valence-corrected chi connectivity index (χ3v) is 5.35. The molecular weight excluding hydrogens is 334 g/mol. The fourth-order valence-corrected chi connectivity index (χ4v) is 4.03. The molecule has 0 fully saturated rings. The largest absolute Gasteiger partial charge is 0.507 e. The summed E-state index contributed by atoms with van der Waals surface area (Å²) in [6, 6.07) is 13.5. The lowest BCUT2D eigenvalue weighted by molar-refractivity contribution is -0.0590. The van der Waals surface area contributed by atoms with E-state index in [-0.39, 0.29) is 11.2 Å². The Kier molecular flexibility index (Phi) is 3.47. The van der Waals surface area contributed by atoms with Gasteiger partial charge in [0.2, 0.25) is 0 Å². The number of phenolic OH excluding ortho intramolecular Hbond substituents is 1. The fourth-order valence-electron chi connectivity index (χ4n) is 3.91. The predicted molar refractivity (Wildman–Crippen MR) is 102 cm³/mol. The molecule has 0 amide bonds. The molecule has 0 saturated heterocycles. The molecule has 1 N–H and O–H groups in total. The topological polar surface area (TPSA) is 34.4 Å². The highest BCUT2D eigenvalue weighted by atomic mass is 35.5. The van der Waals surface area contributed by atoms with E-state index in [0.29, 0.717) is 11.6 Å². The molecule has 0 aliphatic carbocycles. The molecule has 1 aliphatic rings. The first-order valence-electron chi connectivity index (χ1n) is 8.50. The van der Waals surface area contributed by atoms with E-state index < -0.39 is 5.60 Å². The first kappa shape index (κ1) is 16.5. The van der Waals surface area contributed by atoms with E-state index in [1.165, 1.54) is 5.69 Å². The Labute approximate surface area is 152 Å². The van der Waals surface area contributed by atoms with E-state index in [2.05, 4.69) is 32.3 Å². The second-order valence-corrected chi connectivity index (χ2v) is 8.33. The summed E-state index contributed by atoms with van der Waals surface area (Å²) in [5.41, 5.74) is 3.61. The van der Waals surface area contributed by atoms with Crippen molar-refractivity contribution in [3.8, 4) is 11.4 Å². The first-order valence-corrected chi connectivity index (χ1v) is 8.87. The van der Waals surface area contributed by atoms with Crippen molar-refractivity contribution in [3.05, 3.63) is 58.7 Å². The van der Waals surface area contributed by atoms with Crippen LogP contribution in [0.25, 0.3) is 16.6 Å². The van der Waals surface area contributed by atoms with E-state index in [0.717, 1.165) is 22.2 Å². The Balaban J connectivity index is 2.20. The number of nitrogens with zero attached hydrogens (tertiary/aromatic N) is 1. The van der Waals surface area contributed by atoms with Crippen molar-refractivity contribution >= 4 is 22.5 Å². The van der Waals surface area contributed by atoms with Crippen LogP contribution in [-0.4, -0.2) is 16.3 Å². The third kappa shape index (κ3) is 2.37. The number of hydrogen-bond acceptors (Lipinski definition) is 2. The van der Waals surface area contributed by atoms with Crippen LogP contribution < -0.4 is 0 Å². The molecule has 2 heterocycles. The summed E-state index contributed by atoms with van der Waals surface area (Å²) in [6.07, 6.45) is 0. The number of aromatic nitrogens is 1. The first-order chi connectivity index (χ1) is 11.7. The summed E-state index contributed by atoms with van der Waals surface area (Å²) < 4.78 is 8.43. The van der Waals surface area contributed by atoms with Crippen molar-refractivity contribution in [2.75, 3.05) is 6.61 Å². The van der Waals surface area contributed by atoms with Gasteiger partial charge in [0.15, 0.2) is 0 Å². The highest BCUT2D eigenvalue weighted by molar-refractivity contribution is 6.30. The molecule has 0 saturated carbocycles. The molecule has 4 rings (SSSR count). The van der Waals surface area contributed by atoms with Crippen LogP contribution in [0.5, 0.6) is 5.75 Å². The Morgan fingerprint density at radius 2 is 1.72 bits per heavy atom. The van der Waals surface area contributed by atoms with Gasteiger partial charge in [-0.05, 0) is 50.2 Å². The van der Waals surface area contributed by atoms with Crippen molar-refractivity contribution in [2.24, 2.45) is 0 Å². The molecule has 0 spiro atoms. The van der Waals surface area contributed by atoms with Crippen molar-refractivity contribution in [1.82, 2.24) is 4.57 Å². The number of benzene rings is 2. The van der Waals surface area contributed by atoms with E-state index in [1.54, 1.807) is 6.07 Å². The smallest absolute Gasteiger partial charge is 0.125 e. The number of rotatable bonds is 1. The molecule has 4 heteroatoms. The lowest BCUT2D eigenvalue weighted by Crippen LogP contribution is -2.40. The summed E-state index contributed by atoms with van der Waals surface area (Å²) in [5, 5.41) is 12.2. The van der Waals surface area contributed by atoms with Crippen molar-refractivity contribution in [1.29, 1.82) is 0 Å². The standard InChI is InChI=1S/C21H22ClNO2/c1-20(2)12-25-21(3,4)18-17-15(6-5-7-16(17)24)23(19(18)20)14-10-8-13(22)9-11-14/h5-11,24H,12H2,1-4H3. The molecule has 130 valence electrons. The van der Waals surface area contributed by atoms with Crippen molar-refractivity contribution in [2.45, 2.75) is 38.7 Å². The molecule has 25 heavy (non-hydrogen) atoms. The van der Waals surface area contributed by atoms with Gasteiger partial charge in [-0.1, -0.05) is 31.5 Å². The lowest BCUT2D eigenvalue weighted by atomic mass is 9.79. The van der Waals surface area contributed by atoms with Gasteiger partial charge in [-0.2, -0.15) is 0 Å². The average Bonchev–Trinajstić information content (AvgIpc) is 2.92. The average molecular weight is 356 g/mol. The van der Waals surface area contributed by atoms with E-state index in [9.17, 15) is 5.11 Å². The van der Waals surface area contributed by atoms with Gasteiger partial charge >= 0.3 is 0 Å². The lowest BCUT2D eigenvalue weighted by Gasteiger charge is -2.41. The third-order valence-electron chi connectivity index (χ3n) is 5.09. The zero-order chi connectivity index (χ0) is 18.0. The van der Waals surface area contributed by atoms with Crippen LogP contribution in [0.3, 0.4) is 0 Å². The Morgan fingerprint density at radius 3 is 2.40 bits per heavy atom. The minimum atomic E-state index is -0.473. The SMILES string of the molecule is CC1(C)COC(C)(C)c2c1n(-c1ccc(Cl)cc1)c1cccc(O)c21. The molecule has 0 unspecified atom stereocenters. The van der Waals surface area contributed by atoms with Gasteiger partial charge in [0, 0.05) is 32.8 Å². The minimum Gasteiger partial charge on any atom is -0.507 e. The van der Waals surface area contributed by atoms with Crippen LogP contribution in [-0.2, 0) is 15.8 Å². The monoisotopic (exact) mass is 355 g/mol. The maximum atomic E-state index is 10.6. The molecular formula is C21H22ClNO2. The van der Waals surface area contributed by atoms with Gasteiger partial charge in [-0.15, -0.1) is 0 Å². The normalized spacial score (nSPS) is 18.3. The van der Waals surface area contributed by atoms with Gasteiger partial charge in [0.05, 0.1) is 17.7 Å². The number of hydrogen-bond donors (Lipinski definition) is 1. The molecule has 3 aromatic rings. The number of ether oxygens (including phenoxy) is 1. The van der Waals surface area contributed by atoms with Crippen LogP contribution in [0.15, 0.2) is 42.5 Å². The molecule has 0 atom stereocenters. The maximum absolute atomic E-state index is 10.6. The van der Waals surface area contributed by atoms with Crippen LogP contribution in [0.4, 0.5) is 0 Å². The van der Waals surface area contributed by atoms with Gasteiger partial charge in [-0.3, -0.25) is 0 Å². The highest BCUT2D eigenvalue weighted by Gasteiger charge is 2.43. The highest BCUT2D eigenvalue weighted by Crippen LogP contribution is 2.49. The molecule has 0 radical (unpaired) electrons. The van der Waals surface area contributed by atoms with Crippen LogP contribution >= 0.6 is 11.6 Å².